The summed E-state index contributed by atoms with van der Waals surface area (Å²) in [5.74, 6) is 0. The zero-order chi connectivity index (χ0) is 13.1. The van der Waals surface area contributed by atoms with Gasteiger partial charge in [0.1, 0.15) is 0 Å². The fourth-order valence-electron chi connectivity index (χ4n) is 3.45. The van der Waals surface area contributed by atoms with Crippen LogP contribution in [-0.4, -0.2) is 60.6 Å². The van der Waals surface area contributed by atoms with E-state index in [4.69, 9.17) is 0 Å². The molecular weight excluding hydrogens is 236 g/mol. The van der Waals surface area contributed by atoms with Gasteiger partial charge in [0.2, 0.25) is 0 Å². The Labute approximate surface area is 116 Å². The van der Waals surface area contributed by atoms with Gasteiger partial charge in [-0.15, -0.1) is 0 Å². The summed E-state index contributed by atoms with van der Waals surface area (Å²) in [6, 6.07) is 3.92. The van der Waals surface area contributed by atoms with Crippen molar-refractivity contribution in [3.63, 3.8) is 0 Å². The summed E-state index contributed by atoms with van der Waals surface area (Å²) in [5.41, 5.74) is 0. The van der Waals surface area contributed by atoms with Gasteiger partial charge < -0.3 is 4.90 Å². The first-order valence-corrected chi connectivity index (χ1v) is 7.97. The zero-order valence-electron chi connectivity index (χ0n) is 11.9. The highest BCUT2D eigenvalue weighted by atomic mass is 15.3. The first-order chi connectivity index (χ1) is 9.35. The predicted octanol–water partition coefficient (Wildman–Crippen LogP) is 1.19. The van der Waals surface area contributed by atoms with Crippen LogP contribution in [0.3, 0.4) is 0 Å². The van der Waals surface area contributed by atoms with E-state index in [-0.39, 0.29) is 6.04 Å². The fourth-order valence-corrected chi connectivity index (χ4v) is 3.45. The van der Waals surface area contributed by atoms with Crippen molar-refractivity contribution < 1.29 is 0 Å². The van der Waals surface area contributed by atoms with Crippen LogP contribution in [0.25, 0.3) is 0 Å². The molecule has 0 amide bonds. The SMILES string of the molecule is N#CC(CCN1CCN2CCCCC2C1)NC1CC1. The van der Waals surface area contributed by atoms with Crippen molar-refractivity contribution >= 4 is 0 Å². The molecule has 0 aromatic heterocycles. The number of nitrogens with zero attached hydrogens (tertiary/aromatic N) is 3. The Morgan fingerprint density at radius 1 is 1.16 bits per heavy atom. The van der Waals surface area contributed by atoms with E-state index >= 15 is 0 Å². The van der Waals surface area contributed by atoms with Crippen molar-refractivity contribution in [1.29, 1.82) is 5.26 Å². The number of nitriles is 1. The van der Waals surface area contributed by atoms with Gasteiger partial charge >= 0.3 is 0 Å². The number of hydrogen-bond donors (Lipinski definition) is 1. The molecule has 1 N–H and O–H groups in total. The minimum absolute atomic E-state index is 0.0666. The molecule has 0 aromatic carbocycles. The molecule has 3 aliphatic rings. The van der Waals surface area contributed by atoms with Crippen LogP contribution in [0, 0.1) is 11.3 Å². The maximum absolute atomic E-state index is 9.18. The molecule has 0 bridgehead atoms. The first kappa shape index (κ1) is 13.4. The number of nitrogens with one attached hydrogen (secondary N) is 1. The molecule has 0 aromatic rings. The fraction of sp³-hybridized carbons (Fsp3) is 0.933. The molecule has 0 spiro atoms. The Morgan fingerprint density at radius 3 is 2.84 bits per heavy atom. The number of piperazine rings is 1. The van der Waals surface area contributed by atoms with Crippen molar-refractivity contribution in [3.05, 3.63) is 0 Å². The minimum atomic E-state index is 0.0666. The molecule has 2 heterocycles. The third-order valence-corrected chi connectivity index (χ3v) is 4.83. The molecule has 1 aliphatic carbocycles. The number of fused-ring (bicyclic) bond motifs is 1. The lowest BCUT2D eigenvalue weighted by Crippen LogP contribution is -2.55. The molecule has 1 saturated carbocycles. The van der Waals surface area contributed by atoms with Gasteiger partial charge in [-0.25, -0.2) is 0 Å². The van der Waals surface area contributed by atoms with Gasteiger partial charge in [-0.2, -0.15) is 5.26 Å². The lowest BCUT2D eigenvalue weighted by molar-refractivity contribution is 0.0482. The van der Waals surface area contributed by atoms with E-state index in [0.29, 0.717) is 6.04 Å². The van der Waals surface area contributed by atoms with E-state index < -0.39 is 0 Å². The Hall–Kier alpha value is -0.630. The smallest absolute Gasteiger partial charge is 0.0967 e. The van der Waals surface area contributed by atoms with Gasteiger partial charge in [0.25, 0.3) is 0 Å². The number of hydrogen-bond acceptors (Lipinski definition) is 4. The van der Waals surface area contributed by atoms with E-state index in [9.17, 15) is 5.26 Å². The quantitative estimate of drug-likeness (QED) is 0.808. The molecule has 2 saturated heterocycles. The van der Waals surface area contributed by atoms with Gasteiger partial charge in [0, 0.05) is 38.3 Å². The molecular formula is C15H26N4. The average Bonchev–Trinajstić information content (AvgIpc) is 3.27. The summed E-state index contributed by atoms with van der Waals surface area (Å²) in [5, 5.41) is 12.6. The van der Waals surface area contributed by atoms with Crippen LogP contribution in [0.2, 0.25) is 0 Å². The molecule has 4 heteroatoms. The van der Waals surface area contributed by atoms with E-state index in [1.54, 1.807) is 0 Å². The maximum atomic E-state index is 9.18. The van der Waals surface area contributed by atoms with E-state index in [0.717, 1.165) is 19.0 Å². The van der Waals surface area contributed by atoms with E-state index in [1.165, 1.54) is 58.3 Å². The second kappa shape index (κ2) is 6.21. The molecule has 19 heavy (non-hydrogen) atoms. The van der Waals surface area contributed by atoms with Crippen molar-refractivity contribution in [2.75, 3.05) is 32.7 Å². The van der Waals surface area contributed by atoms with Crippen molar-refractivity contribution in [1.82, 2.24) is 15.1 Å². The van der Waals surface area contributed by atoms with Gasteiger partial charge in [-0.3, -0.25) is 10.2 Å². The summed E-state index contributed by atoms with van der Waals surface area (Å²) in [6.45, 7) is 6.04. The summed E-state index contributed by atoms with van der Waals surface area (Å²) in [6.07, 6.45) is 7.67. The molecule has 106 valence electrons. The first-order valence-electron chi connectivity index (χ1n) is 7.97. The molecule has 4 nitrogen and oxygen atoms in total. The zero-order valence-corrected chi connectivity index (χ0v) is 11.9. The third-order valence-electron chi connectivity index (χ3n) is 4.83. The highest BCUT2D eigenvalue weighted by Gasteiger charge is 2.29. The second-order valence-electron chi connectivity index (χ2n) is 6.40. The standard InChI is InChI=1S/C15H26N4/c16-11-14(17-13-4-5-13)6-8-18-9-10-19-7-2-1-3-15(19)12-18/h13-15,17H,1-10,12H2. The molecule has 3 rings (SSSR count). The Balaban J connectivity index is 1.41. The molecule has 2 aliphatic heterocycles. The summed E-state index contributed by atoms with van der Waals surface area (Å²) < 4.78 is 0. The number of rotatable bonds is 5. The Kier molecular flexibility index (Phi) is 4.37. The third kappa shape index (κ3) is 3.68. The monoisotopic (exact) mass is 262 g/mol. The van der Waals surface area contributed by atoms with Gasteiger partial charge in [0.05, 0.1) is 12.1 Å². The van der Waals surface area contributed by atoms with Crippen LogP contribution in [-0.2, 0) is 0 Å². The van der Waals surface area contributed by atoms with Crippen LogP contribution in [0.15, 0.2) is 0 Å². The Bertz CT molecular complexity index is 334. The van der Waals surface area contributed by atoms with Crippen LogP contribution in [0.1, 0.15) is 38.5 Å². The van der Waals surface area contributed by atoms with Gasteiger partial charge in [0.15, 0.2) is 0 Å². The molecule has 0 radical (unpaired) electrons. The summed E-state index contributed by atoms with van der Waals surface area (Å²) in [7, 11) is 0. The molecule has 2 unspecified atom stereocenters. The second-order valence-corrected chi connectivity index (χ2v) is 6.40. The topological polar surface area (TPSA) is 42.3 Å². The van der Waals surface area contributed by atoms with Crippen molar-refractivity contribution in [3.8, 4) is 6.07 Å². The van der Waals surface area contributed by atoms with Crippen molar-refractivity contribution in [2.45, 2.75) is 56.7 Å². The average molecular weight is 262 g/mol. The predicted molar refractivity (Wildman–Crippen MR) is 75.8 cm³/mol. The van der Waals surface area contributed by atoms with Crippen LogP contribution < -0.4 is 5.32 Å². The van der Waals surface area contributed by atoms with Crippen LogP contribution in [0.5, 0.6) is 0 Å². The van der Waals surface area contributed by atoms with Gasteiger partial charge in [-0.05, 0) is 38.6 Å². The largest absolute Gasteiger partial charge is 0.300 e. The minimum Gasteiger partial charge on any atom is -0.300 e. The highest BCUT2D eigenvalue weighted by molar-refractivity contribution is 4.96. The molecule has 3 fully saturated rings. The molecule has 2 atom stereocenters. The van der Waals surface area contributed by atoms with Crippen LogP contribution >= 0.6 is 0 Å². The van der Waals surface area contributed by atoms with Crippen LogP contribution in [0.4, 0.5) is 0 Å². The van der Waals surface area contributed by atoms with Gasteiger partial charge in [-0.1, -0.05) is 6.42 Å². The van der Waals surface area contributed by atoms with E-state index in [2.05, 4.69) is 21.2 Å². The van der Waals surface area contributed by atoms with E-state index in [1.807, 2.05) is 0 Å². The highest BCUT2D eigenvalue weighted by Crippen LogP contribution is 2.22. The maximum Gasteiger partial charge on any atom is 0.0967 e. The lowest BCUT2D eigenvalue weighted by Gasteiger charge is -2.44. The van der Waals surface area contributed by atoms with Crippen molar-refractivity contribution in [2.24, 2.45) is 0 Å². The Morgan fingerprint density at radius 2 is 2.05 bits per heavy atom. The summed E-state index contributed by atoms with van der Waals surface area (Å²) >= 11 is 0. The summed E-state index contributed by atoms with van der Waals surface area (Å²) in [4.78, 5) is 5.25. The lowest BCUT2D eigenvalue weighted by atomic mass is 9.99. The number of piperidine rings is 1. The normalized spacial score (nSPS) is 30.6.